The molecule has 0 unspecified atom stereocenters. The van der Waals surface area contributed by atoms with Crippen LogP contribution >= 0.6 is 11.6 Å². The molecule has 8 heteroatoms. The van der Waals surface area contributed by atoms with Gasteiger partial charge in [0.15, 0.2) is 0 Å². The number of aromatic nitrogens is 1. The third-order valence-corrected chi connectivity index (χ3v) is 5.30. The van der Waals surface area contributed by atoms with E-state index in [2.05, 4.69) is 10.6 Å². The minimum Gasteiger partial charge on any atom is -0.497 e. The van der Waals surface area contributed by atoms with Crippen molar-refractivity contribution in [2.45, 2.75) is 0 Å². The molecule has 0 aliphatic rings. The minimum absolute atomic E-state index is 0.172. The lowest BCUT2D eigenvalue weighted by atomic mass is 10.1. The second-order valence-corrected chi connectivity index (χ2v) is 7.72. The van der Waals surface area contributed by atoms with Crippen LogP contribution in [0, 0.1) is 0 Å². The van der Waals surface area contributed by atoms with Crippen LogP contribution in [0.15, 0.2) is 95.9 Å². The van der Waals surface area contributed by atoms with Crippen LogP contribution in [-0.2, 0) is 0 Å². The van der Waals surface area contributed by atoms with Crippen LogP contribution in [0.4, 0.5) is 11.4 Å². The smallest absolute Gasteiger partial charge is 0.257 e. The maximum atomic E-state index is 13.0. The lowest BCUT2D eigenvalue weighted by Crippen LogP contribution is -2.19. The van der Waals surface area contributed by atoms with Crippen LogP contribution in [0.3, 0.4) is 0 Å². The molecule has 1 aromatic heterocycles. The fourth-order valence-electron chi connectivity index (χ4n) is 3.29. The molecule has 0 saturated carbocycles. The summed E-state index contributed by atoms with van der Waals surface area (Å²) in [7, 11) is 1.49. The second-order valence-electron chi connectivity index (χ2n) is 7.28. The third kappa shape index (κ3) is 5.16. The number of hydrogen-bond acceptors (Lipinski definition) is 4. The van der Waals surface area contributed by atoms with E-state index in [1.165, 1.54) is 17.7 Å². The number of ether oxygens (including phenoxy) is 1. The minimum atomic E-state index is -0.421. The standard InChI is InChI=1S/C26H20ClN3O4/c1-34-21-13-14-23(22(16-21)26(33)28-19-9-7-18(27)8-10-19)29-25(32)17-5-11-20(12-6-17)30-15-3-2-4-24(30)31/h2-16H,1H3,(H,28,33)(H,29,32). The van der Waals surface area contributed by atoms with Crippen LogP contribution in [0.25, 0.3) is 5.69 Å². The lowest BCUT2D eigenvalue weighted by molar-refractivity contribution is 0.102. The van der Waals surface area contributed by atoms with E-state index in [-0.39, 0.29) is 11.1 Å². The van der Waals surface area contributed by atoms with Crippen LogP contribution < -0.4 is 20.9 Å². The van der Waals surface area contributed by atoms with E-state index in [0.29, 0.717) is 33.4 Å². The fourth-order valence-corrected chi connectivity index (χ4v) is 3.41. The van der Waals surface area contributed by atoms with Gasteiger partial charge in [0, 0.05) is 34.2 Å². The van der Waals surface area contributed by atoms with Crippen LogP contribution in [0.5, 0.6) is 5.75 Å². The van der Waals surface area contributed by atoms with Gasteiger partial charge in [-0.2, -0.15) is 0 Å². The summed E-state index contributed by atoms with van der Waals surface area (Å²) in [5.41, 5.74) is 1.94. The van der Waals surface area contributed by atoms with Crippen molar-refractivity contribution in [3.05, 3.63) is 118 Å². The van der Waals surface area contributed by atoms with Gasteiger partial charge in [0.1, 0.15) is 5.75 Å². The van der Waals surface area contributed by atoms with Gasteiger partial charge in [0.25, 0.3) is 17.4 Å². The molecule has 170 valence electrons. The average molecular weight is 474 g/mol. The highest BCUT2D eigenvalue weighted by Gasteiger charge is 2.16. The number of pyridine rings is 1. The van der Waals surface area contributed by atoms with Gasteiger partial charge in [-0.25, -0.2) is 0 Å². The topological polar surface area (TPSA) is 89.4 Å². The number of anilines is 2. The number of benzene rings is 3. The van der Waals surface area contributed by atoms with Gasteiger partial charge in [0.2, 0.25) is 0 Å². The first-order valence-electron chi connectivity index (χ1n) is 10.3. The number of rotatable bonds is 6. The lowest BCUT2D eigenvalue weighted by Gasteiger charge is -2.13. The second kappa shape index (κ2) is 10.1. The SMILES string of the molecule is COc1ccc(NC(=O)c2ccc(-n3ccccc3=O)cc2)c(C(=O)Nc2ccc(Cl)cc2)c1. The Kier molecular flexibility index (Phi) is 6.75. The third-order valence-electron chi connectivity index (χ3n) is 5.05. The zero-order valence-electron chi connectivity index (χ0n) is 18.1. The number of carbonyl (C=O) groups is 2. The normalized spacial score (nSPS) is 10.4. The summed E-state index contributed by atoms with van der Waals surface area (Å²) in [6, 6.07) is 22.9. The van der Waals surface area contributed by atoms with Crippen molar-refractivity contribution < 1.29 is 14.3 Å². The van der Waals surface area contributed by atoms with E-state index in [1.807, 2.05) is 0 Å². The zero-order chi connectivity index (χ0) is 24.1. The summed E-state index contributed by atoms with van der Waals surface area (Å²) in [6.07, 6.45) is 1.65. The van der Waals surface area contributed by atoms with Crippen molar-refractivity contribution in [2.24, 2.45) is 0 Å². The Morgan fingerprint density at radius 1 is 0.853 bits per heavy atom. The Morgan fingerprint density at radius 2 is 1.59 bits per heavy atom. The number of methoxy groups -OCH3 is 1. The van der Waals surface area contributed by atoms with Crippen molar-refractivity contribution in [3.63, 3.8) is 0 Å². The molecule has 0 bridgehead atoms. The maximum absolute atomic E-state index is 13.0. The van der Waals surface area contributed by atoms with Gasteiger partial charge in [0.05, 0.1) is 18.4 Å². The van der Waals surface area contributed by atoms with Gasteiger partial charge in [-0.3, -0.25) is 19.0 Å². The molecule has 4 aromatic rings. The van der Waals surface area contributed by atoms with Crippen molar-refractivity contribution in [1.82, 2.24) is 4.57 Å². The molecule has 0 aliphatic heterocycles. The molecule has 2 N–H and O–H groups in total. The monoisotopic (exact) mass is 473 g/mol. The molecule has 0 atom stereocenters. The average Bonchev–Trinajstić information content (AvgIpc) is 2.86. The summed E-state index contributed by atoms with van der Waals surface area (Å²) >= 11 is 5.90. The summed E-state index contributed by atoms with van der Waals surface area (Å²) < 4.78 is 6.72. The number of nitrogens with zero attached hydrogens (tertiary/aromatic N) is 1. The van der Waals surface area contributed by atoms with E-state index in [4.69, 9.17) is 16.3 Å². The first-order valence-corrected chi connectivity index (χ1v) is 10.7. The molecule has 0 saturated heterocycles. The number of carbonyl (C=O) groups excluding carboxylic acids is 2. The molecule has 34 heavy (non-hydrogen) atoms. The van der Waals surface area contributed by atoms with Crippen molar-refractivity contribution in [1.29, 1.82) is 0 Å². The van der Waals surface area contributed by atoms with Gasteiger partial charge >= 0.3 is 0 Å². The number of nitrogens with one attached hydrogen (secondary N) is 2. The van der Waals surface area contributed by atoms with Crippen molar-refractivity contribution >= 4 is 34.8 Å². The Balaban J connectivity index is 1.56. The summed E-state index contributed by atoms with van der Waals surface area (Å²) in [4.78, 5) is 37.9. The van der Waals surface area contributed by atoms with Crippen LogP contribution in [0.1, 0.15) is 20.7 Å². The van der Waals surface area contributed by atoms with Gasteiger partial charge in [-0.05, 0) is 72.8 Å². The number of halogens is 1. The molecule has 1 heterocycles. The molecule has 0 fully saturated rings. The van der Waals surface area contributed by atoms with E-state index in [0.717, 1.165) is 0 Å². The van der Waals surface area contributed by atoms with E-state index in [9.17, 15) is 14.4 Å². The highest BCUT2D eigenvalue weighted by molar-refractivity contribution is 6.30. The molecular weight excluding hydrogens is 454 g/mol. The molecule has 3 aromatic carbocycles. The predicted octanol–water partition coefficient (Wildman–Crippen LogP) is 5.00. The highest BCUT2D eigenvalue weighted by Crippen LogP contribution is 2.24. The Morgan fingerprint density at radius 3 is 2.26 bits per heavy atom. The molecule has 0 radical (unpaired) electrons. The van der Waals surface area contributed by atoms with E-state index >= 15 is 0 Å². The highest BCUT2D eigenvalue weighted by atomic mass is 35.5. The summed E-state index contributed by atoms with van der Waals surface area (Å²) in [5.74, 6) is -0.357. The summed E-state index contributed by atoms with van der Waals surface area (Å²) in [6.45, 7) is 0. The first-order chi connectivity index (χ1) is 16.4. The van der Waals surface area contributed by atoms with Gasteiger partial charge in [-0.1, -0.05) is 17.7 Å². The Hall–Kier alpha value is -4.36. The Bertz CT molecular complexity index is 1400. The molecule has 2 amide bonds. The summed E-state index contributed by atoms with van der Waals surface area (Å²) in [5, 5.41) is 6.12. The van der Waals surface area contributed by atoms with Gasteiger partial charge in [-0.15, -0.1) is 0 Å². The van der Waals surface area contributed by atoms with Gasteiger partial charge < -0.3 is 15.4 Å². The van der Waals surface area contributed by atoms with Crippen LogP contribution in [0.2, 0.25) is 5.02 Å². The maximum Gasteiger partial charge on any atom is 0.257 e. The molecule has 0 aliphatic carbocycles. The fraction of sp³-hybridized carbons (Fsp3) is 0.0385. The molecular formula is C26H20ClN3O4. The quantitative estimate of drug-likeness (QED) is 0.412. The number of amides is 2. The molecule has 7 nitrogen and oxygen atoms in total. The molecule has 4 rings (SSSR count). The van der Waals surface area contributed by atoms with E-state index < -0.39 is 11.8 Å². The Labute approximate surface area is 200 Å². The van der Waals surface area contributed by atoms with Crippen molar-refractivity contribution in [2.75, 3.05) is 17.7 Å². The zero-order valence-corrected chi connectivity index (χ0v) is 18.9. The largest absolute Gasteiger partial charge is 0.497 e. The molecule has 0 spiro atoms. The van der Waals surface area contributed by atoms with E-state index in [1.54, 1.807) is 85.1 Å². The van der Waals surface area contributed by atoms with Crippen molar-refractivity contribution in [3.8, 4) is 11.4 Å². The first kappa shape index (κ1) is 22.8. The number of hydrogen-bond donors (Lipinski definition) is 2. The predicted molar refractivity (Wildman–Crippen MR) is 132 cm³/mol. The van der Waals surface area contributed by atoms with Crippen LogP contribution in [-0.4, -0.2) is 23.5 Å².